The number of rotatable bonds is 7. The molecule has 0 amide bonds. The van der Waals surface area contributed by atoms with E-state index in [1.807, 2.05) is 30.5 Å². The fourth-order valence-electron chi connectivity index (χ4n) is 2.79. The Morgan fingerprint density at radius 1 is 1.27 bits per heavy atom. The Bertz CT molecular complexity index is 900. The van der Waals surface area contributed by atoms with Crippen LogP contribution in [-0.2, 0) is 0 Å². The minimum atomic E-state index is -0.235. The monoisotopic (exact) mass is 385 g/mol. The zero-order valence-electron chi connectivity index (χ0n) is 14.6. The zero-order chi connectivity index (χ0) is 18.1. The zero-order valence-corrected chi connectivity index (χ0v) is 16.2. The van der Waals surface area contributed by atoms with Gasteiger partial charge in [0.15, 0.2) is 16.8 Å². The lowest BCUT2D eigenvalue weighted by molar-refractivity contribution is 0.0994. The average Bonchev–Trinajstić information content (AvgIpc) is 3.19. The first-order chi connectivity index (χ1) is 12.7. The van der Waals surface area contributed by atoms with Gasteiger partial charge in [-0.15, -0.1) is 21.5 Å². The van der Waals surface area contributed by atoms with Crippen LogP contribution in [0, 0.1) is 0 Å². The van der Waals surface area contributed by atoms with Crippen LogP contribution < -0.4 is 4.74 Å². The number of hydrogen-bond donors (Lipinski definition) is 0. The van der Waals surface area contributed by atoms with Gasteiger partial charge in [-0.05, 0) is 55.5 Å². The minimum absolute atomic E-state index is 0.0840. The van der Waals surface area contributed by atoms with Crippen LogP contribution in [0.3, 0.4) is 0 Å². The Morgan fingerprint density at radius 3 is 2.65 bits per heavy atom. The summed E-state index contributed by atoms with van der Waals surface area (Å²) >= 11 is 3.15. The molecular weight excluding hydrogens is 366 g/mol. The first-order valence-electron chi connectivity index (χ1n) is 8.51. The first-order valence-corrected chi connectivity index (χ1v) is 10.3. The molecule has 1 fully saturated rings. The lowest BCUT2D eigenvalue weighted by atomic mass is 10.1. The minimum Gasteiger partial charge on any atom is -0.497 e. The second kappa shape index (κ2) is 7.25. The Labute approximate surface area is 160 Å². The van der Waals surface area contributed by atoms with Crippen LogP contribution in [0.1, 0.15) is 36.2 Å². The van der Waals surface area contributed by atoms with Crippen molar-refractivity contribution in [2.24, 2.45) is 0 Å². The van der Waals surface area contributed by atoms with Crippen LogP contribution in [0.2, 0.25) is 0 Å². The van der Waals surface area contributed by atoms with E-state index >= 15 is 0 Å². The molecule has 1 aliphatic carbocycles. The highest BCUT2D eigenvalue weighted by Gasteiger charge is 2.31. The number of benzene rings is 1. The smallest absolute Gasteiger partial charge is 0.192 e. The number of carbonyl (C=O) groups is 1. The molecule has 3 aromatic rings. The lowest BCUT2D eigenvalue weighted by Crippen LogP contribution is -2.14. The molecule has 134 valence electrons. The average molecular weight is 386 g/mol. The van der Waals surface area contributed by atoms with Crippen molar-refractivity contribution in [3.8, 4) is 16.5 Å². The maximum atomic E-state index is 12.8. The molecule has 0 unspecified atom stereocenters. The molecule has 1 saturated carbocycles. The number of ketones is 1. The van der Waals surface area contributed by atoms with Crippen molar-refractivity contribution in [2.45, 2.75) is 36.2 Å². The summed E-state index contributed by atoms with van der Waals surface area (Å²) in [4.78, 5) is 13.9. The maximum absolute atomic E-state index is 12.8. The van der Waals surface area contributed by atoms with E-state index in [4.69, 9.17) is 4.74 Å². The number of nitrogens with zero attached hydrogens (tertiary/aromatic N) is 3. The summed E-state index contributed by atoms with van der Waals surface area (Å²) in [5.41, 5.74) is 0.682. The van der Waals surface area contributed by atoms with Crippen LogP contribution in [0.5, 0.6) is 5.75 Å². The molecule has 1 aromatic carbocycles. The number of methoxy groups -OCH3 is 1. The molecule has 1 aliphatic rings. The van der Waals surface area contributed by atoms with Crippen LogP contribution in [0.4, 0.5) is 0 Å². The van der Waals surface area contributed by atoms with Gasteiger partial charge in [0, 0.05) is 11.6 Å². The summed E-state index contributed by atoms with van der Waals surface area (Å²) < 4.78 is 7.36. The van der Waals surface area contributed by atoms with Gasteiger partial charge in [-0.3, -0.25) is 9.36 Å². The van der Waals surface area contributed by atoms with Gasteiger partial charge in [-0.2, -0.15) is 0 Å². The SMILES string of the molecule is COc1ccc(C(=O)[C@@H](C)Sc2nnc(-c3cccs3)n2C2CC2)cc1. The Hall–Kier alpha value is -2.12. The highest BCUT2D eigenvalue weighted by molar-refractivity contribution is 8.00. The summed E-state index contributed by atoms with van der Waals surface area (Å²) in [5.74, 6) is 1.74. The summed E-state index contributed by atoms with van der Waals surface area (Å²) in [5, 5.41) is 11.4. The van der Waals surface area contributed by atoms with Gasteiger partial charge < -0.3 is 4.74 Å². The number of thioether (sulfide) groups is 1. The predicted octanol–water partition coefficient (Wildman–Crippen LogP) is 4.71. The maximum Gasteiger partial charge on any atom is 0.192 e. The highest BCUT2D eigenvalue weighted by Crippen LogP contribution is 2.42. The van der Waals surface area contributed by atoms with Gasteiger partial charge in [-0.1, -0.05) is 17.8 Å². The van der Waals surface area contributed by atoms with Crippen molar-refractivity contribution in [1.82, 2.24) is 14.8 Å². The molecule has 4 rings (SSSR count). The van der Waals surface area contributed by atoms with Gasteiger partial charge in [0.1, 0.15) is 5.75 Å². The van der Waals surface area contributed by atoms with Crippen molar-refractivity contribution < 1.29 is 9.53 Å². The Kier molecular flexibility index (Phi) is 4.82. The molecule has 0 bridgehead atoms. The number of ether oxygens (including phenoxy) is 1. The third-order valence-corrected chi connectivity index (χ3v) is 6.27. The Morgan fingerprint density at radius 2 is 2.04 bits per heavy atom. The molecule has 0 N–H and O–H groups in total. The van der Waals surface area contributed by atoms with Crippen LogP contribution >= 0.6 is 23.1 Å². The fraction of sp³-hybridized carbons (Fsp3) is 0.316. The van der Waals surface area contributed by atoms with Gasteiger partial charge in [-0.25, -0.2) is 0 Å². The number of aromatic nitrogens is 3. The van der Waals surface area contributed by atoms with Crippen LogP contribution in [0.25, 0.3) is 10.7 Å². The summed E-state index contributed by atoms with van der Waals surface area (Å²) in [7, 11) is 1.62. The molecule has 2 aromatic heterocycles. The topological polar surface area (TPSA) is 57.0 Å². The van der Waals surface area contributed by atoms with Crippen molar-refractivity contribution >= 4 is 28.9 Å². The van der Waals surface area contributed by atoms with E-state index in [9.17, 15) is 4.79 Å². The number of Topliss-reactive ketones (excluding diaryl/α,β-unsaturated/α-hetero) is 1. The third kappa shape index (κ3) is 3.41. The molecule has 0 radical (unpaired) electrons. The fourth-order valence-corrected chi connectivity index (χ4v) is 4.50. The lowest BCUT2D eigenvalue weighted by Gasteiger charge is -2.12. The predicted molar refractivity (Wildman–Crippen MR) is 104 cm³/mol. The molecule has 26 heavy (non-hydrogen) atoms. The molecule has 7 heteroatoms. The standard InChI is InChI=1S/C19H19N3O2S2/c1-12(17(23)13-5-9-15(24-2)10-6-13)26-19-21-20-18(16-4-3-11-25-16)22(19)14-7-8-14/h3-6,9-12,14H,7-8H2,1-2H3/t12-/m1/s1. The van der Waals surface area contributed by atoms with Crippen molar-refractivity contribution in [3.63, 3.8) is 0 Å². The van der Waals surface area contributed by atoms with E-state index < -0.39 is 0 Å². The van der Waals surface area contributed by atoms with Gasteiger partial charge in [0.2, 0.25) is 0 Å². The van der Waals surface area contributed by atoms with Gasteiger partial charge in [0.25, 0.3) is 0 Å². The van der Waals surface area contributed by atoms with E-state index in [-0.39, 0.29) is 11.0 Å². The van der Waals surface area contributed by atoms with E-state index in [0.717, 1.165) is 34.4 Å². The van der Waals surface area contributed by atoms with Crippen molar-refractivity contribution in [3.05, 3.63) is 47.3 Å². The molecule has 1 atom stereocenters. The second-order valence-corrected chi connectivity index (χ2v) is 8.49. The van der Waals surface area contributed by atoms with E-state index in [2.05, 4.69) is 20.8 Å². The van der Waals surface area contributed by atoms with E-state index in [1.54, 1.807) is 30.6 Å². The molecule has 0 spiro atoms. The van der Waals surface area contributed by atoms with Gasteiger partial charge >= 0.3 is 0 Å². The van der Waals surface area contributed by atoms with Crippen LogP contribution in [0.15, 0.2) is 46.9 Å². The summed E-state index contributed by atoms with van der Waals surface area (Å²) in [6, 6.07) is 11.8. The highest BCUT2D eigenvalue weighted by atomic mass is 32.2. The Balaban J connectivity index is 1.55. The number of thiophene rings is 1. The molecule has 0 aliphatic heterocycles. The molecule has 2 heterocycles. The second-order valence-electron chi connectivity index (χ2n) is 6.24. The van der Waals surface area contributed by atoms with Crippen molar-refractivity contribution in [1.29, 1.82) is 0 Å². The quantitative estimate of drug-likeness (QED) is 0.435. The van der Waals surface area contributed by atoms with Crippen molar-refractivity contribution in [2.75, 3.05) is 7.11 Å². The molecule has 5 nitrogen and oxygen atoms in total. The number of carbonyl (C=O) groups excluding carboxylic acids is 1. The summed E-state index contributed by atoms with van der Waals surface area (Å²) in [6.07, 6.45) is 2.29. The summed E-state index contributed by atoms with van der Waals surface area (Å²) in [6.45, 7) is 1.92. The molecule has 0 saturated heterocycles. The normalized spacial score (nSPS) is 15.0. The van der Waals surface area contributed by atoms with Crippen LogP contribution in [-0.4, -0.2) is 32.9 Å². The van der Waals surface area contributed by atoms with Gasteiger partial charge in [0.05, 0.1) is 17.2 Å². The molecular formula is C19H19N3O2S2. The third-order valence-electron chi connectivity index (χ3n) is 4.34. The van der Waals surface area contributed by atoms with E-state index in [1.165, 1.54) is 11.8 Å². The largest absolute Gasteiger partial charge is 0.497 e. The first kappa shape index (κ1) is 17.3. The van der Waals surface area contributed by atoms with E-state index in [0.29, 0.717) is 11.6 Å². The number of hydrogen-bond acceptors (Lipinski definition) is 6.